The average Bonchev–Trinajstić information content (AvgIpc) is 3.32. The van der Waals surface area contributed by atoms with E-state index < -0.39 is 0 Å². The molecule has 0 saturated carbocycles. The lowest BCUT2D eigenvalue weighted by Gasteiger charge is -2.35. The van der Waals surface area contributed by atoms with Crippen molar-refractivity contribution in [3.63, 3.8) is 0 Å². The molecule has 28 heavy (non-hydrogen) atoms. The number of fused-ring (bicyclic) bond motifs is 1. The Morgan fingerprint density at radius 1 is 1.11 bits per heavy atom. The number of hydrogen-bond acceptors (Lipinski definition) is 6. The Hall–Kier alpha value is -2.42. The van der Waals surface area contributed by atoms with Gasteiger partial charge in [0.25, 0.3) is 5.56 Å². The molecule has 9 nitrogen and oxygen atoms in total. The van der Waals surface area contributed by atoms with Crippen molar-refractivity contribution in [3.05, 3.63) is 16.6 Å². The molecule has 2 aliphatic rings. The van der Waals surface area contributed by atoms with Crippen LogP contribution in [0.4, 0.5) is 5.95 Å². The van der Waals surface area contributed by atoms with Crippen LogP contribution < -0.4 is 10.5 Å². The molecule has 0 aliphatic carbocycles. The molecule has 1 N–H and O–H groups in total. The predicted molar refractivity (Wildman–Crippen MR) is 108 cm³/mol. The highest BCUT2D eigenvalue weighted by Crippen LogP contribution is 2.20. The molecule has 9 heteroatoms. The van der Waals surface area contributed by atoms with E-state index in [-0.39, 0.29) is 17.0 Å². The van der Waals surface area contributed by atoms with E-state index in [9.17, 15) is 9.59 Å². The van der Waals surface area contributed by atoms with Crippen LogP contribution in [0.25, 0.3) is 11.0 Å². The van der Waals surface area contributed by atoms with Crippen LogP contribution in [0.3, 0.4) is 0 Å². The molecule has 0 aromatic carbocycles. The fourth-order valence-corrected chi connectivity index (χ4v) is 3.92. The number of aromatic amines is 1. The summed E-state index contributed by atoms with van der Waals surface area (Å²) < 4.78 is 1.80. The van der Waals surface area contributed by atoms with Crippen molar-refractivity contribution in [2.24, 2.45) is 0 Å². The Kier molecular flexibility index (Phi) is 4.86. The molecule has 2 aliphatic heterocycles. The van der Waals surface area contributed by atoms with E-state index in [1.165, 1.54) is 0 Å². The van der Waals surface area contributed by atoms with Gasteiger partial charge in [-0.3, -0.25) is 19.5 Å². The smallest absolute Gasteiger partial charge is 0.263 e. The second kappa shape index (κ2) is 7.20. The minimum absolute atomic E-state index is 0.165. The zero-order valence-corrected chi connectivity index (χ0v) is 16.9. The second-order valence-electron chi connectivity index (χ2n) is 8.71. The minimum atomic E-state index is -0.256. The summed E-state index contributed by atoms with van der Waals surface area (Å²) in [5, 5.41) is 4.87. The van der Waals surface area contributed by atoms with Crippen LogP contribution in [0.5, 0.6) is 0 Å². The van der Waals surface area contributed by atoms with Crippen molar-refractivity contribution < 1.29 is 4.79 Å². The van der Waals surface area contributed by atoms with Gasteiger partial charge in [-0.25, -0.2) is 4.68 Å². The van der Waals surface area contributed by atoms with E-state index in [2.05, 4.69) is 19.9 Å². The molecule has 2 saturated heterocycles. The van der Waals surface area contributed by atoms with Gasteiger partial charge in [0, 0.05) is 39.3 Å². The summed E-state index contributed by atoms with van der Waals surface area (Å²) in [6, 6.07) is 0. The normalized spacial score (nSPS) is 19.0. The molecular weight excluding hydrogens is 358 g/mol. The maximum Gasteiger partial charge on any atom is 0.263 e. The number of likely N-dealkylation sites (tertiary alicyclic amines) is 1. The monoisotopic (exact) mass is 387 g/mol. The van der Waals surface area contributed by atoms with Gasteiger partial charge in [0.05, 0.1) is 18.3 Å². The van der Waals surface area contributed by atoms with E-state index in [1.54, 1.807) is 10.9 Å². The number of nitrogens with one attached hydrogen (secondary N) is 1. The standard InChI is InChI=1S/C19H29N7O2/c1-19(2,3)26-16-14(12-20-26)17(28)22-18(21-16)25-10-8-23(9-11-25)13-15(27)24-6-4-5-7-24/h12H,4-11,13H2,1-3H3,(H,21,22,28). The van der Waals surface area contributed by atoms with Gasteiger partial charge in [-0.15, -0.1) is 0 Å². The van der Waals surface area contributed by atoms with E-state index in [1.807, 2.05) is 25.7 Å². The first kappa shape index (κ1) is 18.9. The first-order chi connectivity index (χ1) is 13.3. The van der Waals surface area contributed by atoms with Gasteiger partial charge < -0.3 is 9.80 Å². The number of hydrogen-bond donors (Lipinski definition) is 1. The fourth-order valence-electron chi connectivity index (χ4n) is 3.92. The number of aromatic nitrogens is 4. The molecule has 4 heterocycles. The highest BCUT2D eigenvalue weighted by molar-refractivity contribution is 5.78. The van der Waals surface area contributed by atoms with Crippen LogP contribution in [-0.4, -0.2) is 81.3 Å². The molecule has 0 spiro atoms. The molecule has 0 bridgehead atoms. The molecule has 0 unspecified atom stereocenters. The quantitative estimate of drug-likeness (QED) is 0.830. The summed E-state index contributed by atoms with van der Waals surface area (Å²) in [5.41, 5.74) is 0.189. The number of H-pyrrole nitrogens is 1. The molecule has 1 amide bonds. The van der Waals surface area contributed by atoms with Gasteiger partial charge in [0.15, 0.2) is 5.65 Å². The van der Waals surface area contributed by atoms with Crippen LogP contribution in [0.15, 0.2) is 11.0 Å². The topological polar surface area (TPSA) is 90.4 Å². The highest BCUT2D eigenvalue weighted by atomic mass is 16.2. The number of nitrogens with zero attached hydrogens (tertiary/aromatic N) is 6. The van der Waals surface area contributed by atoms with Gasteiger partial charge in [0.2, 0.25) is 11.9 Å². The van der Waals surface area contributed by atoms with Crippen LogP contribution in [-0.2, 0) is 10.3 Å². The summed E-state index contributed by atoms with van der Waals surface area (Å²) in [4.78, 5) is 38.7. The molecule has 2 fully saturated rings. The SMILES string of the molecule is CC(C)(C)n1ncc2c(=O)[nH]c(N3CCN(CC(=O)N4CCCC4)CC3)nc21. The van der Waals surface area contributed by atoms with Gasteiger partial charge in [-0.2, -0.15) is 10.1 Å². The average molecular weight is 387 g/mol. The Morgan fingerprint density at radius 2 is 1.79 bits per heavy atom. The maximum absolute atomic E-state index is 12.5. The number of anilines is 1. The molecule has 4 rings (SSSR count). The van der Waals surface area contributed by atoms with E-state index in [0.717, 1.165) is 52.1 Å². The molecule has 0 atom stereocenters. The van der Waals surface area contributed by atoms with Gasteiger partial charge in [0.1, 0.15) is 5.39 Å². The highest BCUT2D eigenvalue weighted by Gasteiger charge is 2.25. The summed E-state index contributed by atoms with van der Waals surface area (Å²) in [6.45, 7) is 11.4. The van der Waals surface area contributed by atoms with Crippen LogP contribution in [0.1, 0.15) is 33.6 Å². The van der Waals surface area contributed by atoms with Crippen LogP contribution in [0.2, 0.25) is 0 Å². The van der Waals surface area contributed by atoms with Crippen molar-refractivity contribution in [1.82, 2.24) is 29.5 Å². The fraction of sp³-hybridized carbons (Fsp3) is 0.684. The first-order valence-corrected chi connectivity index (χ1v) is 10.1. The molecule has 2 aromatic rings. The Morgan fingerprint density at radius 3 is 2.43 bits per heavy atom. The summed E-state index contributed by atoms with van der Waals surface area (Å²) in [7, 11) is 0. The number of amides is 1. The lowest BCUT2D eigenvalue weighted by atomic mass is 10.1. The number of piperazine rings is 1. The van der Waals surface area contributed by atoms with E-state index in [4.69, 9.17) is 4.98 Å². The molecule has 0 radical (unpaired) electrons. The number of carbonyl (C=O) groups is 1. The number of rotatable bonds is 3. The molecule has 2 aromatic heterocycles. The first-order valence-electron chi connectivity index (χ1n) is 10.1. The third kappa shape index (κ3) is 3.63. The van der Waals surface area contributed by atoms with Crippen LogP contribution in [0, 0.1) is 0 Å². The molecule has 152 valence electrons. The third-order valence-electron chi connectivity index (χ3n) is 5.55. The Bertz CT molecular complexity index is 912. The largest absolute Gasteiger partial charge is 0.342 e. The Labute approximate surface area is 164 Å². The number of carbonyl (C=O) groups excluding carboxylic acids is 1. The Balaban J connectivity index is 1.46. The predicted octanol–water partition coefficient (Wildman–Crippen LogP) is 0.619. The van der Waals surface area contributed by atoms with Crippen LogP contribution >= 0.6 is 0 Å². The van der Waals surface area contributed by atoms with Crippen molar-refractivity contribution in [1.29, 1.82) is 0 Å². The lowest BCUT2D eigenvalue weighted by Crippen LogP contribution is -2.50. The van der Waals surface area contributed by atoms with E-state index >= 15 is 0 Å². The second-order valence-corrected chi connectivity index (χ2v) is 8.71. The van der Waals surface area contributed by atoms with Gasteiger partial charge in [-0.05, 0) is 33.6 Å². The van der Waals surface area contributed by atoms with Crippen molar-refractivity contribution >= 4 is 22.9 Å². The summed E-state index contributed by atoms with van der Waals surface area (Å²) >= 11 is 0. The summed E-state index contributed by atoms with van der Waals surface area (Å²) in [6.07, 6.45) is 3.82. The van der Waals surface area contributed by atoms with Crippen molar-refractivity contribution in [2.45, 2.75) is 39.2 Å². The van der Waals surface area contributed by atoms with Crippen molar-refractivity contribution in [3.8, 4) is 0 Å². The minimum Gasteiger partial charge on any atom is -0.342 e. The van der Waals surface area contributed by atoms with Gasteiger partial charge in [-0.1, -0.05) is 0 Å². The molecular formula is C19H29N7O2. The maximum atomic E-state index is 12.5. The zero-order valence-electron chi connectivity index (χ0n) is 16.9. The summed E-state index contributed by atoms with van der Waals surface area (Å²) in [5.74, 6) is 0.807. The van der Waals surface area contributed by atoms with Crippen molar-refractivity contribution in [2.75, 3.05) is 50.7 Å². The lowest BCUT2D eigenvalue weighted by molar-refractivity contribution is -0.131. The van der Waals surface area contributed by atoms with Gasteiger partial charge >= 0.3 is 0 Å². The zero-order chi connectivity index (χ0) is 19.9. The third-order valence-corrected chi connectivity index (χ3v) is 5.55. The van der Waals surface area contributed by atoms with E-state index in [0.29, 0.717) is 23.5 Å².